The summed E-state index contributed by atoms with van der Waals surface area (Å²) < 4.78 is 0. The lowest BCUT2D eigenvalue weighted by molar-refractivity contribution is 0.205. The van der Waals surface area contributed by atoms with Gasteiger partial charge in [-0.3, -0.25) is 0 Å². The number of fused-ring (bicyclic) bond motifs is 1. The van der Waals surface area contributed by atoms with Crippen LogP contribution in [0.3, 0.4) is 0 Å². The summed E-state index contributed by atoms with van der Waals surface area (Å²) in [5.41, 5.74) is 5.20. The van der Waals surface area contributed by atoms with Gasteiger partial charge in [-0.25, -0.2) is 9.78 Å². The highest BCUT2D eigenvalue weighted by molar-refractivity contribution is 5.90. The van der Waals surface area contributed by atoms with Crippen molar-refractivity contribution in [2.75, 3.05) is 11.9 Å². The number of aromatic amines is 1. The van der Waals surface area contributed by atoms with Crippen molar-refractivity contribution in [1.82, 2.24) is 14.9 Å². The van der Waals surface area contributed by atoms with Crippen molar-refractivity contribution in [3.63, 3.8) is 0 Å². The Labute approximate surface area is 118 Å². The van der Waals surface area contributed by atoms with Crippen molar-refractivity contribution in [1.29, 1.82) is 0 Å². The van der Waals surface area contributed by atoms with Gasteiger partial charge in [-0.15, -0.1) is 0 Å². The first-order valence-corrected chi connectivity index (χ1v) is 6.78. The van der Waals surface area contributed by atoms with E-state index >= 15 is 0 Å². The Morgan fingerprint density at radius 1 is 1.40 bits per heavy atom. The predicted molar refractivity (Wildman–Crippen MR) is 77.6 cm³/mol. The van der Waals surface area contributed by atoms with Crippen LogP contribution < -0.4 is 5.32 Å². The fourth-order valence-electron chi connectivity index (χ4n) is 2.45. The zero-order chi connectivity index (χ0) is 14.1. The highest BCUT2D eigenvalue weighted by Gasteiger charge is 2.22. The molecule has 2 aromatic rings. The van der Waals surface area contributed by atoms with Crippen LogP contribution in [0.25, 0.3) is 0 Å². The van der Waals surface area contributed by atoms with E-state index in [4.69, 9.17) is 0 Å². The van der Waals surface area contributed by atoms with Crippen molar-refractivity contribution in [3.05, 3.63) is 47.0 Å². The molecule has 0 fully saturated rings. The van der Waals surface area contributed by atoms with Crippen molar-refractivity contribution >= 4 is 11.7 Å². The van der Waals surface area contributed by atoms with E-state index in [1.165, 1.54) is 0 Å². The van der Waals surface area contributed by atoms with Crippen LogP contribution in [0.5, 0.6) is 0 Å². The molecular weight excluding hydrogens is 252 g/mol. The first-order chi connectivity index (χ1) is 9.63. The van der Waals surface area contributed by atoms with E-state index in [1.807, 2.05) is 36.9 Å². The number of H-pyrrole nitrogens is 1. The van der Waals surface area contributed by atoms with Gasteiger partial charge in [-0.2, -0.15) is 0 Å². The number of urea groups is 1. The molecule has 3 rings (SSSR count). The molecule has 0 saturated carbocycles. The Morgan fingerprint density at radius 2 is 2.25 bits per heavy atom. The van der Waals surface area contributed by atoms with Gasteiger partial charge in [0.05, 0.1) is 24.3 Å². The normalized spacial score (nSPS) is 14.0. The highest BCUT2D eigenvalue weighted by Crippen LogP contribution is 2.19. The standard InChI is InChI=1S/C15H18N4O/c1-10-3-4-11(2)13(7-10)18-15(20)19-6-5-12-14(8-19)17-9-16-12/h3-4,7,9H,5-6,8H2,1-2H3,(H,16,17)(H,18,20). The minimum atomic E-state index is -0.0565. The van der Waals surface area contributed by atoms with Crippen molar-refractivity contribution in [2.24, 2.45) is 0 Å². The second-order valence-electron chi connectivity index (χ2n) is 5.25. The lowest BCUT2D eigenvalue weighted by atomic mass is 10.1. The van der Waals surface area contributed by atoms with Gasteiger partial charge in [0.25, 0.3) is 0 Å². The third kappa shape index (κ3) is 2.39. The zero-order valence-electron chi connectivity index (χ0n) is 11.7. The Kier molecular flexibility index (Phi) is 3.18. The molecule has 1 aliphatic rings. The molecule has 0 spiro atoms. The number of benzene rings is 1. The Balaban J connectivity index is 1.73. The van der Waals surface area contributed by atoms with E-state index in [0.29, 0.717) is 13.1 Å². The maximum atomic E-state index is 12.3. The SMILES string of the molecule is Cc1ccc(C)c(NC(=O)N2CCc3nc[nH]c3C2)c1. The molecule has 0 bridgehead atoms. The lowest BCUT2D eigenvalue weighted by Gasteiger charge is -2.26. The number of carbonyl (C=O) groups is 1. The fourth-order valence-corrected chi connectivity index (χ4v) is 2.45. The Morgan fingerprint density at radius 3 is 3.10 bits per heavy atom. The smallest absolute Gasteiger partial charge is 0.322 e. The number of aryl methyl sites for hydroxylation is 2. The number of aromatic nitrogens is 2. The maximum Gasteiger partial charge on any atom is 0.322 e. The number of nitrogens with one attached hydrogen (secondary N) is 2. The van der Waals surface area contributed by atoms with Crippen molar-refractivity contribution in [2.45, 2.75) is 26.8 Å². The molecule has 0 aliphatic carbocycles. The summed E-state index contributed by atoms with van der Waals surface area (Å²) >= 11 is 0. The highest BCUT2D eigenvalue weighted by atomic mass is 16.2. The molecule has 104 valence electrons. The summed E-state index contributed by atoms with van der Waals surface area (Å²) in [6.45, 7) is 5.31. The van der Waals surface area contributed by atoms with Gasteiger partial charge in [-0.05, 0) is 31.0 Å². The second-order valence-corrected chi connectivity index (χ2v) is 5.25. The van der Waals surface area contributed by atoms with Gasteiger partial charge in [0.15, 0.2) is 0 Å². The van der Waals surface area contributed by atoms with Crippen LogP contribution in [-0.4, -0.2) is 27.4 Å². The number of nitrogens with zero attached hydrogens (tertiary/aromatic N) is 2. The topological polar surface area (TPSA) is 61.0 Å². The first-order valence-electron chi connectivity index (χ1n) is 6.78. The van der Waals surface area contributed by atoms with Gasteiger partial charge < -0.3 is 15.2 Å². The van der Waals surface area contributed by atoms with Gasteiger partial charge in [0.1, 0.15) is 0 Å². The summed E-state index contributed by atoms with van der Waals surface area (Å²) in [7, 11) is 0. The number of imidazole rings is 1. The quantitative estimate of drug-likeness (QED) is 0.836. The molecule has 20 heavy (non-hydrogen) atoms. The Hall–Kier alpha value is -2.30. The summed E-state index contributed by atoms with van der Waals surface area (Å²) in [6, 6.07) is 6.01. The van der Waals surface area contributed by atoms with E-state index < -0.39 is 0 Å². The van der Waals surface area contributed by atoms with E-state index in [-0.39, 0.29) is 6.03 Å². The van der Waals surface area contributed by atoms with Crippen LogP contribution in [-0.2, 0) is 13.0 Å². The summed E-state index contributed by atoms with van der Waals surface area (Å²) in [5.74, 6) is 0. The van der Waals surface area contributed by atoms with E-state index in [1.54, 1.807) is 6.33 Å². The third-order valence-electron chi connectivity index (χ3n) is 3.70. The third-order valence-corrected chi connectivity index (χ3v) is 3.70. The Bertz CT molecular complexity index is 647. The number of hydrogen-bond donors (Lipinski definition) is 2. The van der Waals surface area contributed by atoms with E-state index in [0.717, 1.165) is 34.6 Å². The van der Waals surface area contributed by atoms with Gasteiger partial charge >= 0.3 is 6.03 Å². The molecule has 0 atom stereocenters. The fraction of sp³-hybridized carbons (Fsp3) is 0.333. The number of anilines is 1. The van der Waals surface area contributed by atoms with Crippen LogP contribution in [0, 0.1) is 13.8 Å². The van der Waals surface area contributed by atoms with Crippen LogP contribution in [0.4, 0.5) is 10.5 Å². The minimum absolute atomic E-state index is 0.0565. The molecule has 0 radical (unpaired) electrons. The summed E-state index contributed by atoms with van der Waals surface area (Å²) in [5, 5.41) is 3.00. The summed E-state index contributed by atoms with van der Waals surface area (Å²) in [6.07, 6.45) is 2.50. The summed E-state index contributed by atoms with van der Waals surface area (Å²) in [4.78, 5) is 21.5. The average molecular weight is 270 g/mol. The lowest BCUT2D eigenvalue weighted by Crippen LogP contribution is -2.39. The van der Waals surface area contributed by atoms with Crippen LogP contribution in [0.1, 0.15) is 22.5 Å². The number of hydrogen-bond acceptors (Lipinski definition) is 2. The minimum Gasteiger partial charge on any atom is -0.347 e. The molecule has 0 saturated heterocycles. The van der Waals surface area contributed by atoms with Crippen LogP contribution in [0.2, 0.25) is 0 Å². The average Bonchev–Trinajstić information content (AvgIpc) is 2.90. The maximum absolute atomic E-state index is 12.3. The number of rotatable bonds is 1. The molecule has 0 unspecified atom stereocenters. The molecule has 1 aliphatic heterocycles. The van der Waals surface area contributed by atoms with Crippen molar-refractivity contribution < 1.29 is 4.79 Å². The monoisotopic (exact) mass is 270 g/mol. The predicted octanol–water partition coefficient (Wildman–Crippen LogP) is 2.62. The van der Waals surface area contributed by atoms with E-state index in [2.05, 4.69) is 15.3 Å². The molecule has 5 heteroatoms. The van der Waals surface area contributed by atoms with Crippen molar-refractivity contribution in [3.8, 4) is 0 Å². The molecule has 2 amide bonds. The van der Waals surface area contributed by atoms with Gasteiger partial charge in [0.2, 0.25) is 0 Å². The van der Waals surface area contributed by atoms with Crippen LogP contribution >= 0.6 is 0 Å². The van der Waals surface area contributed by atoms with Gasteiger partial charge in [-0.1, -0.05) is 12.1 Å². The molecular formula is C15H18N4O. The molecule has 2 heterocycles. The number of amides is 2. The molecule has 1 aromatic carbocycles. The second kappa shape index (κ2) is 5.00. The largest absolute Gasteiger partial charge is 0.347 e. The van der Waals surface area contributed by atoms with E-state index in [9.17, 15) is 4.79 Å². The van der Waals surface area contributed by atoms with Crippen LogP contribution in [0.15, 0.2) is 24.5 Å². The molecule has 5 nitrogen and oxygen atoms in total. The first kappa shape index (κ1) is 12.7. The zero-order valence-corrected chi connectivity index (χ0v) is 11.7. The molecule has 2 N–H and O–H groups in total. The molecule has 1 aromatic heterocycles. The van der Waals surface area contributed by atoms with Gasteiger partial charge in [0, 0.05) is 18.7 Å². The number of carbonyl (C=O) groups excluding carboxylic acids is 1.